The van der Waals surface area contributed by atoms with Crippen molar-refractivity contribution in [2.45, 2.75) is 11.3 Å². The molecule has 1 heterocycles. The zero-order chi connectivity index (χ0) is 13.2. The van der Waals surface area contributed by atoms with Crippen LogP contribution in [0.5, 0.6) is 0 Å². The van der Waals surface area contributed by atoms with E-state index in [0.29, 0.717) is 32.1 Å². The highest BCUT2D eigenvalue weighted by molar-refractivity contribution is 7.89. The summed E-state index contributed by atoms with van der Waals surface area (Å²) in [5, 5.41) is 3.07. The molecule has 0 spiro atoms. The number of sulfonamides is 1. The molecule has 0 saturated carbocycles. The first kappa shape index (κ1) is 13.4. The third-order valence-electron chi connectivity index (χ3n) is 2.77. The van der Waals surface area contributed by atoms with Gasteiger partial charge in [-0.2, -0.15) is 4.31 Å². The minimum absolute atomic E-state index is 0.306. The molecular formula is C11H14F2N2O2S. The highest BCUT2D eigenvalue weighted by atomic mass is 32.2. The molecule has 0 bridgehead atoms. The van der Waals surface area contributed by atoms with Crippen molar-refractivity contribution < 1.29 is 17.2 Å². The number of benzene rings is 1. The summed E-state index contributed by atoms with van der Waals surface area (Å²) < 4.78 is 51.8. The first-order valence-corrected chi connectivity index (χ1v) is 7.11. The summed E-state index contributed by atoms with van der Waals surface area (Å²) in [5.74, 6) is -1.77. The van der Waals surface area contributed by atoms with Crippen molar-refractivity contribution in [2.24, 2.45) is 0 Å². The van der Waals surface area contributed by atoms with Crippen LogP contribution < -0.4 is 5.32 Å². The van der Waals surface area contributed by atoms with Crippen LogP contribution in [0.25, 0.3) is 0 Å². The first-order chi connectivity index (χ1) is 8.50. The Balaban J connectivity index is 2.34. The van der Waals surface area contributed by atoms with E-state index < -0.39 is 21.7 Å². The molecule has 0 amide bonds. The van der Waals surface area contributed by atoms with Gasteiger partial charge in [0.25, 0.3) is 0 Å². The summed E-state index contributed by atoms with van der Waals surface area (Å²) >= 11 is 0. The van der Waals surface area contributed by atoms with Crippen LogP contribution in [-0.4, -0.2) is 38.9 Å². The minimum Gasteiger partial charge on any atom is -0.315 e. The van der Waals surface area contributed by atoms with E-state index in [4.69, 9.17) is 0 Å². The highest BCUT2D eigenvalue weighted by Gasteiger charge is 2.25. The Morgan fingerprint density at radius 1 is 1.06 bits per heavy atom. The second-order valence-corrected chi connectivity index (χ2v) is 6.05. The van der Waals surface area contributed by atoms with E-state index in [9.17, 15) is 17.2 Å². The topological polar surface area (TPSA) is 49.4 Å². The van der Waals surface area contributed by atoms with Gasteiger partial charge in [-0.3, -0.25) is 0 Å². The lowest BCUT2D eigenvalue weighted by Gasteiger charge is -2.19. The molecule has 18 heavy (non-hydrogen) atoms. The van der Waals surface area contributed by atoms with E-state index in [1.807, 2.05) is 0 Å². The summed E-state index contributed by atoms with van der Waals surface area (Å²) in [7, 11) is -3.82. The second kappa shape index (κ2) is 5.29. The molecule has 2 rings (SSSR count). The van der Waals surface area contributed by atoms with E-state index in [-0.39, 0.29) is 4.90 Å². The van der Waals surface area contributed by atoms with Crippen LogP contribution in [0.1, 0.15) is 6.42 Å². The maximum atomic E-state index is 13.1. The van der Waals surface area contributed by atoms with E-state index in [2.05, 4.69) is 5.32 Å². The molecule has 1 aliphatic heterocycles. The van der Waals surface area contributed by atoms with Gasteiger partial charge < -0.3 is 5.32 Å². The van der Waals surface area contributed by atoms with Crippen LogP contribution in [0.15, 0.2) is 23.1 Å². The molecule has 0 unspecified atom stereocenters. The van der Waals surface area contributed by atoms with E-state index in [1.54, 1.807) is 0 Å². The Hall–Kier alpha value is -1.05. The molecule has 1 aromatic carbocycles. The molecule has 4 nitrogen and oxygen atoms in total. The van der Waals surface area contributed by atoms with Crippen molar-refractivity contribution in [3.05, 3.63) is 29.8 Å². The number of halogens is 2. The number of hydrogen-bond acceptors (Lipinski definition) is 3. The number of rotatable bonds is 2. The fraction of sp³-hybridized carbons (Fsp3) is 0.455. The summed E-state index contributed by atoms with van der Waals surface area (Å²) in [6, 6.07) is 2.34. The lowest BCUT2D eigenvalue weighted by Crippen LogP contribution is -2.34. The predicted octanol–water partition coefficient (Wildman–Crippen LogP) is 0.949. The molecule has 0 aromatic heterocycles. The summed E-state index contributed by atoms with van der Waals surface area (Å²) in [6.07, 6.45) is 0.678. The molecule has 1 saturated heterocycles. The Kier molecular flexibility index (Phi) is 3.94. The van der Waals surface area contributed by atoms with Crippen molar-refractivity contribution >= 4 is 10.0 Å². The van der Waals surface area contributed by atoms with Gasteiger partial charge in [0, 0.05) is 25.7 Å². The van der Waals surface area contributed by atoms with Gasteiger partial charge in [0.2, 0.25) is 10.0 Å². The van der Waals surface area contributed by atoms with Crippen molar-refractivity contribution in [1.82, 2.24) is 9.62 Å². The lowest BCUT2D eigenvalue weighted by molar-refractivity contribution is 0.430. The maximum Gasteiger partial charge on any atom is 0.243 e. The lowest BCUT2D eigenvalue weighted by atomic mass is 10.3. The SMILES string of the molecule is O=S(=O)(c1cc(F)cc(F)c1)N1CCCNCC1. The monoisotopic (exact) mass is 276 g/mol. The van der Waals surface area contributed by atoms with Gasteiger partial charge in [-0.25, -0.2) is 17.2 Å². The van der Waals surface area contributed by atoms with Gasteiger partial charge in [-0.1, -0.05) is 0 Å². The molecule has 1 aliphatic rings. The first-order valence-electron chi connectivity index (χ1n) is 5.67. The largest absolute Gasteiger partial charge is 0.315 e. The average molecular weight is 276 g/mol. The molecule has 0 atom stereocenters. The molecule has 1 aromatic rings. The van der Waals surface area contributed by atoms with Gasteiger partial charge in [-0.15, -0.1) is 0 Å². The van der Waals surface area contributed by atoms with E-state index >= 15 is 0 Å². The molecule has 0 aliphatic carbocycles. The fourth-order valence-corrected chi connectivity index (χ4v) is 3.41. The van der Waals surface area contributed by atoms with Gasteiger partial charge in [0.05, 0.1) is 4.90 Å². The third-order valence-corrected chi connectivity index (χ3v) is 4.65. The van der Waals surface area contributed by atoms with Crippen molar-refractivity contribution in [3.8, 4) is 0 Å². The Bertz CT molecular complexity index is 506. The smallest absolute Gasteiger partial charge is 0.243 e. The second-order valence-electron chi connectivity index (χ2n) is 4.11. The van der Waals surface area contributed by atoms with Crippen LogP contribution in [0.3, 0.4) is 0 Å². The third kappa shape index (κ3) is 2.85. The highest BCUT2D eigenvalue weighted by Crippen LogP contribution is 2.19. The standard InChI is InChI=1S/C11H14F2N2O2S/c12-9-6-10(13)8-11(7-9)18(16,17)15-4-1-2-14-3-5-15/h6-8,14H,1-5H2. The van der Waals surface area contributed by atoms with Crippen LogP contribution >= 0.6 is 0 Å². The van der Waals surface area contributed by atoms with Crippen LogP contribution in [0, 0.1) is 11.6 Å². The normalized spacial score (nSPS) is 18.6. The molecular weight excluding hydrogens is 262 g/mol. The summed E-state index contributed by atoms with van der Waals surface area (Å²) in [5.41, 5.74) is 0. The van der Waals surface area contributed by atoms with E-state index in [1.165, 1.54) is 4.31 Å². The molecule has 0 radical (unpaired) electrons. The average Bonchev–Trinajstić information content (AvgIpc) is 2.56. The van der Waals surface area contributed by atoms with Crippen LogP contribution in [0.2, 0.25) is 0 Å². The van der Waals surface area contributed by atoms with Crippen LogP contribution in [0.4, 0.5) is 8.78 Å². The molecule has 7 heteroatoms. The zero-order valence-corrected chi connectivity index (χ0v) is 10.5. The fourth-order valence-electron chi connectivity index (χ4n) is 1.89. The number of nitrogens with zero attached hydrogens (tertiary/aromatic N) is 1. The Morgan fingerprint density at radius 3 is 2.39 bits per heavy atom. The van der Waals surface area contributed by atoms with Gasteiger partial charge in [-0.05, 0) is 25.1 Å². The van der Waals surface area contributed by atoms with Gasteiger partial charge in [0.1, 0.15) is 11.6 Å². The Labute approximate surface area is 105 Å². The molecule has 1 N–H and O–H groups in total. The molecule has 1 fully saturated rings. The minimum atomic E-state index is -3.82. The molecule has 100 valence electrons. The maximum absolute atomic E-state index is 13.1. The zero-order valence-electron chi connectivity index (χ0n) is 9.70. The van der Waals surface area contributed by atoms with E-state index in [0.717, 1.165) is 18.7 Å². The summed E-state index contributed by atoms with van der Waals surface area (Å²) in [6.45, 7) is 1.94. The number of nitrogens with one attached hydrogen (secondary N) is 1. The predicted molar refractivity (Wildman–Crippen MR) is 62.6 cm³/mol. The van der Waals surface area contributed by atoms with Crippen molar-refractivity contribution in [3.63, 3.8) is 0 Å². The number of hydrogen-bond donors (Lipinski definition) is 1. The summed E-state index contributed by atoms with van der Waals surface area (Å²) in [4.78, 5) is -0.332. The van der Waals surface area contributed by atoms with Gasteiger partial charge >= 0.3 is 0 Å². The van der Waals surface area contributed by atoms with Crippen molar-refractivity contribution in [2.75, 3.05) is 26.2 Å². The van der Waals surface area contributed by atoms with Gasteiger partial charge in [0.15, 0.2) is 0 Å². The Morgan fingerprint density at radius 2 is 1.72 bits per heavy atom. The van der Waals surface area contributed by atoms with Crippen molar-refractivity contribution in [1.29, 1.82) is 0 Å². The van der Waals surface area contributed by atoms with Crippen LogP contribution in [-0.2, 0) is 10.0 Å². The quantitative estimate of drug-likeness (QED) is 0.875.